The molecule has 1 aromatic carbocycles. The highest BCUT2D eigenvalue weighted by molar-refractivity contribution is 5.18. The molecule has 2 nitrogen and oxygen atoms in total. The van der Waals surface area contributed by atoms with Crippen molar-refractivity contribution >= 4 is 0 Å². The van der Waals surface area contributed by atoms with E-state index in [9.17, 15) is 8.78 Å². The van der Waals surface area contributed by atoms with E-state index in [0.29, 0.717) is 13.0 Å². The van der Waals surface area contributed by atoms with Crippen LogP contribution in [0.5, 0.6) is 0 Å². The normalized spacial score (nSPS) is 12.8. The Balaban J connectivity index is 2.66. The zero-order valence-corrected chi connectivity index (χ0v) is 8.89. The van der Waals surface area contributed by atoms with Gasteiger partial charge in [0.1, 0.15) is 0 Å². The molecule has 0 aromatic heterocycles. The molecular formula is C11H15F2NO. The summed E-state index contributed by atoms with van der Waals surface area (Å²) in [5, 5.41) is 3.04. The van der Waals surface area contributed by atoms with Gasteiger partial charge in [-0.05, 0) is 31.2 Å². The Morgan fingerprint density at radius 1 is 1.33 bits per heavy atom. The summed E-state index contributed by atoms with van der Waals surface area (Å²) in [6, 6.07) is 4.05. The predicted octanol–water partition coefficient (Wildman–Crippen LogP) is 1.74. The summed E-state index contributed by atoms with van der Waals surface area (Å²) in [6.45, 7) is 0.537. The first-order valence-electron chi connectivity index (χ1n) is 4.77. The van der Waals surface area contributed by atoms with Crippen LogP contribution in [0.15, 0.2) is 18.2 Å². The maximum Gasteiger partial charge on any atom is 0.159 e. The van der Waals surface area contributed by atoms with Gasteiger partial charge in [0, 0.05) is 13.2 Å². The molecule has 1 unspecified atom stereocenters. The van der Waals surface area contributed by atoms with Gasteiger partial charge in [0.2, 0.25) is 0 Å². The van der Waals surface area contributed by atoms with Crippen LogP contribution in [0.4, 0.5) is 8.78 Å². The number of hydrogen-bond acceptors (Lipinski definition) is 2. The van der Waals surface area contributed by atoms with Crippen LogP contribution in [0.2, 0.25) is 0 Å². The molecule has 1 atom stereocenters. The minimum atomic E-state index is -0.813. The SMILES string of the molecule is CNC(COC)Cc1ccc(F)c(F)c1. The molecule has 1 N–H and O–H groups in total. The fourth-order valence-electron chi connectivity index (χ4n) is 1.40. The van der Waals surface area contributed by atoms with E-state index in [4.69, 9.17) is 4.74 Å². The van der Waals surface area contributed by atoms with Crippen LogP contribution in [0.25, 0.3) is 0 Å². The van der Waals surface area contributed by atoms with Crippen molar-refractivity contribution in [3.8, 4) is 0 Å². The van der Waals surface area contributed by atoms with Crippen LogP contribution >= 0.6 is 0 Å². The third kappa shape index (κ3) is 3.57. The Bertz CT molecular complexity index is 317. The molecule has 0 aliphatic carbocycles. The molecule has 0 bridgehead atoms. The summed E-state index contributed by atoms with van der Waals surface area (Å²) in [5.41, 5.74) is 0.755. The van der Waals surface area contributed by atoms with Gasteiger partial charge in [-0.1, -0.05) is 6.07 Å². The van der Waals surface area contributed by atoms with Crippen molar-refractivity contribution in [3.05, 3.63) is 35.4 Å². The van der Waals surface area contributed by atoms with Crippen molar-refractivity contribution in [3.63, 3.8) is 0 Å². The highest BCUT2D eigenvalue weighted by atomic mass is 19.2. The van der Waals surface area contributed by atoms with Crippen molar-refractivity contribution in [2.45, 2.75) is 12.5 Å². The number of hydrogen-bond donors (Lipinski definition) is 1. The van der Waals surface area contributed by atoms with Crippen LogP contribution in [0.3, 0.4) is 0 Å². The van der Waals surface area contributed by atoms with Crippen LogP contribution in [-0.4, -0.2) is 26.8 Å². The molecule has 4 heteroatoms. The van der Waals surface area contributed by atoms with E-state index in [2.05, 4.69) is 5.32 Å². The Hall–Kier alpha value is -1.00. The van der Waals surface area contributed by atoms with E-state index >= 15 is 0 Å². The molecule has 15 heavy (non-hydrogen) atoms. The van der Waals surface area contributed by atoms with E-state index in [1.165, 1.54) is 6.07 Å². The van der Waals surface area contributed by atoms with E-state index in [0.717, 1.165) is 11.6 Å². The second-order valence-electron chi connectivity index (χ2n) is 3.39. The summed E-state index contributed by atoms with van der Waals surface area (Å²) in [5.74, 6) is -1.62. The zero-order chi connectivity index (χ0) is 11.3. The zero-order valence-electron chi connectivity index (χ0n) is 8.89. The molecule has 0 spiro atoms. The first-order chi connectivity index (χ1) is 7.17. The average Bonchev–Trinajstić information content (AvgIpc) is 2.23. The first-order valence-corrected chi connectivity index (χ1v) is 4.77. The summed E-state index contributed by atoms with van der Waals surface area (Å²) in [6.07, 6.45) is 0.613. The maximum atomic E-state index is 12.9. The van der Waals surface area contributed by atoms with Crippen molar-refractivity contribution in [2.75, 3.05) is 20.8 Å². The number of nitrogens with one attached hydrogen (secondary N) is 1. The van der Waals surface area contributed by atoms with Gasteiger partial charge < -0.3 is 10.1 Å². The molecule has 84 valence electrons. The standard InChI is InChI=1S/C11H15F2NO/c1-14-9(7-15-2)5-8-3-4-10(12)11(13)6-8/h3-4,6,9,14H,5,7H2,1-2H3. The van der Waals surface area contributed by atoms with Gasteiger partial charge in [-0.2, -0.15) is 0 Å². The van der Waals surface area contributed by atoms with E-state index in [-0.39, 0.29) is 6.04 Å². The number of ether oxygens (including phenoxy) is 1. The molecule has 1 aromatic rings. The van der Waals surface area contributed by atoms with E-state index in [1.54, 1.807) is 13.2 Å². The Morgan fingerprint density at radius 2 is 2.07 bits per heavy atom. The van der Waals surface area contributed by atoms with Gasteiger partial charge in [0.15, 0.2) is 11.6 Å². The smallest absolute Gasteiger partial charge is 0.159 e. The topological polar surface area (TPSA) is 21.3 Å². The molecule has 1 rings (SSSR count). The first kappa shape index (κ1) is 12.1. The summed E-state index contributed by atoms with van der Waals surface area (Å²) >= 11 is 0. The third-order valence-corrected chi connectivity index (χ3v) is 2.24. The Morgan fingerprint density at radius 3 is 2.60 bits per heavy atom. The molecule has 0 amide bonds. The number of methoxy groups -OCH3 is 1. The number of benzene rings is 1. The highest BCUT2D eigenvalue weighted by Crippen LogP contribution is 2.10. The van der Waals surface area contributed by atoms with Gasteiger partial charge in [-0.15, -0.1) is 0 Å². The fraction of sp³-hybridized carbons (Fsp3) is 0.455. The van der Waals surface area contributed by atoms with Gasteiger partial charge in [-0.3, -0.25) is 0 Å². The largest absolute Gasteiger partial charge is 0.383 e. The molecule has 0 aliphatic rings. The summed E-state index contributed by atoms with van der Waals surface area (Å²) in [7, 11) is 3.42. The summed E-state index contributed by atoms with van der Waals surface area (Å²) in [4.78, 5) is 0. The third-order valence-electron chi connectivity index (χ3n) is 2.24. The fourth-order valence-corrected chi connectivity index (χ4v) is 1.40. The van der Waals surface area contributed by atoms with E-state index in [1.807, 2.05) is 7.05 Å². The van der Waals surface area contributed by atoms with Crippen LogP contribution < -0.4 is 5.32 Å². The lowest BCUT2D eigenvalue weighted by Crippen LogP contribution is -2.32. The molecule has 0 heterocycles. The molecule has 0 saturated carbocycles. The van der Waals surface area contributed by atoms with Crippen LogP contribution in [-0.2, 0) is 11.2 Å². The van der Waals surface area contributed by atoms with Gasteiger partial charge >= 0.3 is 0 Å². The number of likely N-dealkylation sites (N-methyl/N-ethyl adjacent to an activating group) is 1. The van der Waals surface area contributed by atoms with Crippen molar-refractivity contribution in [1.29, 1.82) is 0 Å². The minimum absolute atomic E-state index is 0.111. The minimum Gasteiger partial charge on any atom is -0.383 e. The van der Waals surface area contributed by atoms with Gasteiger partial charge in [-0.25, -0.2) is 8.78 Å². The Labute approximate surface area is 88.3 Å². The molecule has 0 radical (unpaired) electrons. The van der Waals surface area contributed by atoms with Gasteiger partial charge in [0.05, 0.1) is 6.61 Å². The lowest BCUT2D eigenvalue weighted by molar-refractivity contribution is 0.169. The summed E-state index contributed by atoms with van der Waals surface area (Å²) < 4.78 is 30.5. The second kappa shape index (κ2) is 5.78. The molecule has 0 aliphatic heterocycles. The average molecular weight is 215 g/mol. The Kier molecular flexibility index (Phi) is 4.65. The highest BCUT2D eigenvalue weighted by Gasteiger charge is 2.08. The van der Waals surface area contributed by atoms with E-state index < -0.39 is 11.6 Å². The molecule has 0 fully saturated rings. The van der Waals surface area contributed by atoms with Crippen molar-refractivity contribution in [1.82, 2.24) is 5.32 Å². The quantitative estimate of drug-likeness (QED) is 0.807. The van der Waals surface area contributed by atoms with Crippen LogP contribution in [0.1, 0.15) is 5.56 Å². The monoisotopic (exact) mass is 215 g/mol. The van der Waals surface area contributed by atoms with Crippen LogP contribution in [0, 0.1) is 11.6 Å². The van der Waals surface area contributed by atoms with Crippen molar-refractivity contribution < 1.29 is 13.5 Å². The number of halogens is 2. The molecule has 0 saturated heterocycles. The predicted molar refractivity (Wildman–Crippen MR) is 54.8 cm³/mol. The number of rotatable bonds is 5. The molecular weight excluding hydrogens is 200 g/mol. The lowest BCUT2D eigenvalue weighted by Gasteiger charge is -2.14. The second-order valence-corrected chi connectivity index (χ2v) is 3.39. The lowest BCUT2D eigenvalue weighted by atomic mass is 10.1. The van der Waals surface area contributed by atoms with Crippen molar-refractivity contribution in [2.24, 2.45) is 0 Å². The maximum absolute atomic E-state index is 12.9. The van der Waals surface area contributed by atoms with Gasteiger partial charge in [0.25, 0.3) is 0 Å².